The molecule has 0 spiro atoms. The lowest BCUT2D eigenvalue weighted by Gasteiger charge is -2.26. The number of nitrogens with zero attached hydrogens (tertiary/aromatic N) is 4. The van der Waals surface area contributed by atoms with Gasteiger partial charge in [-0.25, -0.2) is 9.97 Å². The minimum atomic E-state index is -0.473. The number of nitro groups is 1. The number of anilines is 2. The highest BCUT2D eigenvalue weighted by atomic mass is 35.5. The summed E-state index contributed by atoms with van der Waals surface area (Å²) in [6.07, 6.45) is 2.16. The molecule has 0 aliphatic carbocycles. The van der Waals surface area contributed by atoms with Gasteiger partial charge in [-0.15, -0.1) is 0 Å². The lowest BCUT2D eigenvalue weighted by atomic mass is 10.2. The SMILES string of the molecule is O=[N+]([O-])c1c(NCCCN2CCOCC2)ncnc1NCc1ccccc1Cl. The fourth-order valence-electron chi connectivity index (χ4n) is 2.97. The third kappa shape index (κ3) is 5.51. The third-order valence-corrected chi connectivity index (χ3v) is 4.82. The highest BCUT2D eigenvalue weighted by Crippen LogP contribution is 2.29. The second-order valence-electron chi connectivity index (χ2n) is 6.36. The average Bonchev–Trinajstić information content (AvgIpc) is 2.71. The van der Waals surface area contributed by atoms with Crippen molar-refractivity contribution in [2.24, 2.45) is 0 Å². The Morgan fingerprint density at radius 2 is 1.89 bits per heavy atom. The van der Waals surface area contributed by atoms with E-state index in [9.17, 15) is 10.1 Å². The van der Waals surface area contributed by atoms with E-state index in [2.05, 4.69) is 25.5 Å². The summed E-state index contributed by atoms with van der Waals surface area (Å²) in [5.41, 5.74) is 0.665. The number of hydrogen-bond donors (Lipinski definition) is 2. The maximum Gasteiger partial charge on any atom is 0.353 e. The minimum Gasteiger partial charge on any atom is -0.379 e. The van der Waals surface area contributed by atoms with E-state index < -0.39 is 4.92 Å². The van der Waals surface area contributed by atoms with Crippen molar-refractivity contribution in [2.75, 3.05) is 50.0 Å². The van der Waals surface area contributed by atoms with Gasteiger partial charge in [0.15, 0.2) is 0 Å². The van der Waals surface area contributed by atoms with Crippen molar-refractivity contribution >= 4 is 28.9 Å². The normalized spacial score (nSPS) is 14.6. The molecule has 1 aromatic carbocycles. The number of halogens is 1. The molecule has 2 N–H and O–H groups in total. The number of morpholine rings is 1. The van der Waals surface area contributed by atoms with Gasteiger partial charge in [-0.05, 0) is 24.6 Å². The molecule has 150 valence electrons. The van der Waals surface area contributed by atoms with Gasteiger partial charge in [0.05, 0.1) is 18.1 Å². The third-order valence-electron chi connectivity index (χ3n) is 4.46. The zero-order valence-electron chi connectivity index (χ0n) is 15.4. The first-order chi connectivity index (χ1) is 13.6. The van der Waals surface area contributed by atoms with Crippen LogP contribution in [-0.2, 0) is 11.3 Å². The number of aromatic nitrogens is 2. The molecule has 28 heavy (non-hydrogen) atoms. The number of hydrogen-bond acceptors (Lipinski definition) is 8. The predicted octanol–water partition coefficient (Wildman–Crippen LogP) is 2.78. The van der Waals surface area contributed by atoms with E-state index in [-0.39, 0.29) is 17.3 Å². The lowest BCUT2D eigenvalue weighted by Crippen LogP contribution is -2.37. The Bertz CT molecular complexity index is 801. The van der Waals surface area contributed by atoms with Crippen LogP contribution in [0.25, 0.3) is 0 Å². The summed E-state index contributed by atoms with van der Waals surface area (Å²) in [7, 11) is 0. The standard InChI is InChI=1S/C18H23ClN6O3/c19-15-5-2-1-4-14(15)12-21-18-16(25(26)27)17(22-13-23-18)20-6-3-7-24-8-10-28-11-9-24/h1-2,4-5,13H,3,6-12H2,(H2,20,21,22,23). The first-order valence-electron chi connectivity index (χ1n) is 9.16. The van der Waals surface area contributed by atoms with Gasteiger partial charge in [-0.2, -0.15) is 0 Å². The van der Waals surface area contributed by atoms with Crippen LogP contribution in [-0.4, -0.2) is 59.2 Å². The maximum absolute atomic E-state index is 11.6. The largest absolute Gasteiger partial charge is 0.379 e. The molecule has 2 aromatic rings. The highest BCUT2D eigenvalue weighted by molar-refractivity contribution is 6.31. The molecule has 0 amide bonds. The van der Waals surface area contributed by atoms with Crippen LogP contribution < -0.4 is 10.6 Å². The molecule has 0 saturated carbocycles. The average molecular weight is 407 g/mol. The topological polar surface area (TPSA) is 105 Å². The van der Waals surface area contributed by atoms with E-state index in [0.29, 0.717) is 18.1 Å². The monoisotopic (exact) mass is 406 g/mol. The zero-order chi connectivity index (χ0) is 19.8. The van der Waals surface area contributed by atoms with Gasteiger partial charge in [0.2, 0.25) is 11.6 Å². The summed E-state index contributed by atoms with van der Waals surface area (Å²) in [4.78, 5) is 21.5. The molecular formula is C18H23ClN6O3. The van der Waals surface area contributed by atoms with Crippen molar-refractivity contribution in [1.29, 1.82) is 0 Å². The van der Waals surface area contributed by atoms with Crippen molar-refractivity contribution in [3.8, 4) is 0 Å². The number of ether oxygens (including phenoxy) is 1. The molecule has 0 radical (unpaired) electrons. The van der Waals surface area contributed by atoms with Crippen molar-refractivity contribution in [1.82, 2.24) is 14.9 Å². The summed E-state index contributed by atoms with van der Waals surface area (Å²) < 4.78 is 5.33. The van der Waals surface area contributed by atoms with Gasteiger partial charge < -0.3 is 15.4 Å². The Labute approximate surface area is 168 Å². The van der Waals surface area contributed by atoms with Gasteiger partial charge in [0, 0.05) is 31.2 Å². The summed E-state index contributed by atoms with van der Waals surface area (Å²) >= 11 is 6.14. The molecule has 0 atom stereocenters. The Hall–Kier alpha value is -2.49. The molecule has 1 aromatic heterocycles. The van der Waals surface area contributed by atoms with E-state index in [0.717, 1.165) is 44.8 Å². The van der Waals surface area contributed by atoms with Gasteiger partial charge in [-0.1, -0.05) is 29.8 Å². The van der Waals surface area contributed by atoms with Crippen molar-refractivity contribution in [3.63, 3.8) is 0 Å². The van der Waals surface area contributed by atoms with Gasteiger partial charge in [-0.3, -0.25) is 15.0 Å². The van der Waals surface area contributed by atoms with Gasteiger partial charge in [0.1, 0.15) is 6.33 Å². The lowest BCUT2D eigenvalue weighted by molar-refractivity contribution is -0.383. The molecule has 1 fully saturated rings. The molecule has 1 aliphatic heterocycles. The van der Waals surface area contributed by atoms with E-state index >= 15 is 0 Å². The highest BCUT2D eigenvalue weighted by Gasteiger charge is 2.22. The molecular weight excluding hydrogens is 384 g/mol. The molecule has 0 bridgehead atoms. The Kier molecular flexibility index (Phi) is 7.35. The van der Waals surface area contributed by atoms with Gasteiger partial charge >= 0.3 is 5.69 Å². The van der Waals surface area contributed by atoms with Crippen molar-refractivity contribution in [3.05, 3.63) is 51.3 Å². The van der Waals surface area contributed by atoms with Crippen molar-refractivity contribution < 1.29 is 9.66 Å². The van der Waals surface area contributed by atoms with Crippen LogP contribution in [0.2, 0.25) is 5.02 Å². The van der Waals surface area contributed by atoms with Gasteiger partial charge in [0.25, 0.3) is 0 Å². The van der Waals surface area contributed by atoms with Crippen LogP contribution in [0.15, 0.2) is 30.6 Å². The number of nitrogens with one attached hydrogen (secondary N) is 2. The van der Waals surface area contributed by atoms with Crippen LogP contribution in [0.5, 0.6) is 0 Å². The smallest absolute Gasteiger partial charge is 0.353 e. The Balaban J connectivity index is 1.60. The van der Waals surface area contributed by atoms with Crippen molar-refractivity contribution in [2.45, 2.75) is 13.0 Å². The fourth-order valence-corrected chi connectivity index (χ4v) is 3.17. The predicted molar refractivity (Wildman–Crippen MR) is 108 cm³/mol. The van der Waals surface area contributed by atoms with Crippen LogP contribution in [0, 0.1) is 10.1 Å². The molecule has 0 unspecified atom stereocenters. The first-order valence-corrected chi connectivity index (χ1v) is 9.53. The van der Waals surface area contributed by atoms with E-state index in [1.54, 1.807) is 6.07 Å². The van der Waals surface area contributed by atoms with Crippen LogP contribution in [0.3, 0.4) is 0 Å². The summed E-state index contributed by atoms with van der Waals surface area (Å²) in [5.74, 6) is 0.374. The Morgan fingerprint density at radius 1 is 1.18 bits per heavy atom. The summed E-state index contributed by atoms with van der Waals surface area (Å²) in [5, 5.41) is 18.3. The number of benzene rings is 1. The number of rotatable bonds is 9. The molecule has 1 saturated heterocycles. The van der Waals surface area contributed by atoms with E-state index in [4.69, 9.17) is 16.3 Å². The molecule has 10 heteroatoms. The Morgan fingerprint density at radius 3 is 2.61 bits per heavy atom. The summed E-state index contributed by atoms with van der Waals surface area (Å²) in [6.45, 7) is 5.17. The first kappa shape index (κ1) is 20.2. The second-order valence-corrected chi connectivity index (χ2v) is 6.76. The fraction of sp³-hybridized carbons (Fsp3) is 0.444. The molecule has 2 heterocycles. The van der Waals surface area contributed by atoms with E-state index in [1.165, 1.54) is 6.33 Å². The zero-order valence-corrected chi connectivity index (χ0v) is 16.2. The van der Waals surface area contributed by atoms with E-state index in [1.807, 2.05) is 18.2 Å². The molecule has 1 aliphatic rings. The van der Waals surface area contributed by atoms with Crippen LogP contribution >= 0.6 is 11.6 Å². The quantitative estimate of drug-likeness (QED) is 0.372. The maximum atomic E-state index is 11.6. The second kappa shape index (κ2) is 10.2. The summed E-state index contributed by atoms with van der Waals surface area (Å²) in [6, 6.07) is 7.32. The minimum absolute atomic E-state index is 0.163. The van der Waals surface area contributed by atoms with Crippen LogP contribution in [0.4, 0.5) is 17.3 Å². The van der Waals surface area contributed by atoms with Crippen LogP contribution in [0.1, 0.15) is 12.0 Å². The molecule has 3 rings (SSSR count). The molecule has 9 nitrogen and oxygen atoms in total.